The zero-order chi connectivity index (χ0) is 21.3. The molecule has 4 nitrogen and oxygen atoms in total. The Bertz CT molecular complexity index is 303. The van der Waals surface area contributed by atoms with Gasteiger partial charge < -0.3 is 19.8 Å². The number of aliphatic carboxylic acids is 2. The van der Waals surface area contributed by atoms with E-state index in [-0.39, 0.29) is 38.7 Å². The maximum atomic E-state index is 10.1. The molecule has 0 aliphatic heterocycles. The fraction of sp³-hybridized carbons (Fsp3) is 0.917. The number of rotatable bonds is 20. The van der Waals surface area contributed by atoms with Crippen LogP contribution in [0.1, 0.15) is 142 Å². The second-order valence-corrected chi connectivity index (χ2v) is 7.90. The van der Waals surface area contributed by atoms with E-state index in [1.165, 1.54) is 89.9 Å². The van der Waals surface area contributed by atoms with Crippen LogP contribution in [0.3, 0.4) is 0 Å². The predicted molar refractivity (Wildman–Crippen MR) is 119 cm³/mol. The first-order valence-corrected chi connectivity index (χ1v) is 11.9. The van der Waals surface area contributed by atoms with Crippen LogP contribution < -0.4 is 10.2 Å². The topological polar surface area (TPSA) is 80.3 Å². The molecule has 0 aromatic carbocycles. The molecule has 0 unspecified atom stereocenters. The molecule has 0 aromatic rings. The first-order chi connectivity index (χ1) is 13.5. The number of carboxylic acids is 2. The average Bonchev–Trinajstić information content (AvgIpc) is 2.65. The second kappa shape index (κ2) is 30.0. The largest absolute Gasteiger partial charge is 0.550 e. The molecule has 0 amide bonds. The van der Waals surface area contributed by atoms with Crippen molar-refractivity contribution in [1.82, 2.24) is 0 Å². The third-order valence-corrected chi connectivity index (χ3v) is 4.97. The molecule has 0 N–H and O–H groups in total. The van der Waals surface area contributed by atoms with Crippen LogP contribution in [0.4, 0.5) is 0 Å². The van der Waals surface area contributed by atoms with Crippen LogP contribution in [0.25, 0.3) is 0 Å². The van der Waals surface area contributed by atoms with Crippen molar-refractivity contribution in [3.05, 3.63) is 0 Å². The molecule has 0 bridgehead atoms. The van der Waals surface area contributed by atoms with Gasteiger partial charge in [0.1, 0.15) is 0 Å². The van der Waals surface area contributed by atoms with Crippen LogP contribution in [0, 0.1) is 0 Å². The van der Waals surface area contributed by atoms with Crippen LogP contribution in [-0.4, -0.2) is 37.8 Å². The quantitative estimate of drug-likeness (QED) is 0.216. The molecule has 0 saturated carbocycles. The van der Waals surface area contributed by atoms with Crippen LogP contribution >= 0.6 is 0 Å². The average molecular weight is 513 g/mol. The van der Waals surface area contributed by atoms with Gasteiger partial charge in [-0.15, -0.1) is 0 Å². The first-order valence-electron chi connectivity index (χ1n) is 11.9. The molecule has 171 valence electrons. The Morgan fingerprint density at radius 2 is 0.655 bits per heavy atom. The van der Waals surface area contributed by atoms with Gasteiger partial charge in [0, 0.05) is 37.8 Å². The molecule has 3 radical (unpaired) electrons. The van der Waals surface area contributed by atoms with E-state index in [9.17, 15) is 19.8 Å². The number of carbonyl (C=O) groups excluding carboxylic acids is 2. The fourth-order valence-corrected chi connectivity index (χ4v) is 3.16. The molecule has 29 heavy (non-hydrogen) atoms. The van der Waals surface area contributed by atoms with Crippen LogP contribution in [-0.2, 0) is 9.59 Å². The van der Waals surface area contributed by atoms with Gasteiger partial charge in [0.25, 0.3) is 0 Å². The van der Waals surface area contributed by atoms with E-state index in [4.69, 9.17) is 0 Å². The third-order valence-electron chi connectivity index (χ3n) is 4.97. The summed E-state index contributed by atoms with van der Waals surface area (Å²) in [5.74, 6) is -1.82. The normalized spacial score (nSPS) is 10.0. The summed E-state index contributed by atoms with van der Waals surface area (Å²) in [5, 5.41) is 20.2. The van der Waals surface area contributed by atoms with Crippen molar-refractivity contribution in [3.8, 4) is 0 Å². The molecule has 0 aromatic heterocycles. The summed E-state index contributed by atoms with van der Waals surface area (Å²) < 4.78 is 0. The Hall–Kier alpha value is -0.190. The van der Waals surface area contributed by atoms with E-state index in [0.717, 1.165) is 25.7 Å². The molecule has 0 rings (SSSR count). The number of hydrogen-bond acceptors (Lipinski definition) is 4. The number of hydrogen-bond donors (Lipinski definition) is 0. The molecular formula is C24H46InO4-2. The first kappa shape index (κ1) is 33.4. The second-order valence-electron chi connectivity index (χ2n) is 7.90. The predicted octanol–water partition coefficient (Wildman–Crippen LogP) is 4.93. The molecule has 0 saturated heterocycles. The van der Waals surface area contributed by atoms with Gasteiger partial charge in [0.05, 0.1) is 0 Å². The monoisotopic (exact) mass is 513 g/mol. The molecule has 0 atom stereocenters. The Kier molecular flexibility index (Phi) is 34.6. The van der Waals surface area contributed by atoms with Gasteiger partial charge in [0.2, 0.25) is 0 Å². The Morgan fingerprint density at radius 1 is 0.448 bits per heavy atom. The van der Waals surface area contributed by atoms with Gasteiger partial charge >= 0.3 is 0 Å². The Labute approximate surface area is 199 Å². The smallest absolute Gasteiger partial charge is 0.0414 e. The fourth-order valence-electron chi connectivity index (χ4n) is 3.16. The van der Waals surface area contributed by atoms with Crippen molar-refractivity contribution in [3.63, 3.8) is 0 Å². The van der Waals surface area contributed by atoms with Crippen LogP contribution in [0.2, 0.25) is 0 Å². The summed E-state index contributed by atoms with van der Waals surface area (Å²) in [6.07, 6.45) is 22.3. The van der Waals surface area contributed by atoms with Crippen molar-refractivity contribution in [2.24, 2.45) is 0 Å². The standard InChI is InChI=1S/2C12H24O2.In/c2*1-2-3-4-5-6-7-8-9-10-11-12(13)14;/h2*2-11H2,1H3,(H,13,14);/p-2. The van der Waals surface area contributed by atoms with E-state index < -0.39 is 11.9 Å². The van der Waals surface area contributed by atoms with E-state index in [1.807, 2.05) is 0 Å². The van der Waals surface area contributed by atoms with Gasteiger partial charge in [-0.25, -0.2) is 0 Å². The summed E-state index contributed by atoms with van der Waals surface area (Å²) in [5.41, 5.74) is 0. The van der Waals surface area contributed by atoms with Gasteiger partial charge in [-0.05, 0) is 25.7 Å². The molecule has 0 heterocycles. The van der Waals surface area contributed by atoms with Crippen molar-refractivity contribution >= 4 is 37.8 Å². The summed E-state index contributed by atoms with van der Waals surface area (Å²) >= 11 is 0. The maximum Gasteiger partial charge on any atom is 0.0414 e. The zero-order valence-electron chi connectivity index (χ0n) is 19.4. The summed E-state index contributed by atoms with van der Waals surface area (Å²) in [6.45, 7) is 4.44. The van der Waals surface area contributed by atoms with E-state index in [0.29, 0.717) is 0 Å². The summed E-state index contributed by atoms with van der Waals surface area (Å²) in [7, 11) is 0. The van der Waals surface area contributed by atoms with Gasteiger partial charge in [-0.2, -0.15) is 0 Å². The number of unbranched alkanes of at least 4 members (excludes halogenated alkanes) is 16. The van der Waals surface area contributed by atoms with Crippen molar-refractivity contribution < 1.29 is 19.8 Å². The summed E-state index contributed by atoms with van der Waals surface area (Å²) in [6, 6.07) is 0. The number of carboxylic acid groups (broad SMARTS) is 2. The molecule has 0 aliphatic carbocycles. The maximum absolute atomic E-state index is 10.1. The van der Waals surface area contributed by atoms with Crippen molar-refractivity contribution in [2.75, 3.05) is 0 Å². The molecule has 5 heteroatoms. The summed E-state index contributed by atoms with van der Waals surface area (Å²) in [4.78, 5) is 20.2. The van der Waals surface area contributed by atoms with Crippen LogP contribution in [0.15, 0.2) is 0 Å². The van der Waals surface area contributed by atoms with E-state index in [2.05, 4.69) is 13.8 Å². The van der Waals surface area contributed by atoms with E-state index >= 15 is 0 Å². The van der Waals surface area contributed by atoms with Crippen molar-refractivity contribution in [1.29, 1.82) is 0 Å². The van der Waals surface area contributed by atoms with Crippen LogP contribution in [0.5, 0.6) is 0 Å². The third kappa shape index (κ3) is 38.9. The minimum Gasteiger partial charge on any atom is -0.550 e. The number of carbonyl (C=O) groups is 2. The van der Waals surface area contributed by atoms with Gasteiger partial charge in [-0.1, -0.05) is 117 Å². The van der Waals surface area contributed by atoms with E-state index in [1.54, 1.807) is 0 Å². The Balaban J connectivity index is -0.000000451. The molecule has 0 fully saturated rings. The van der Waals surface area contributed by atoms with Gasteiger partial charge in [0.15, 0.2) is 0 Å². The zero-order valence-corrected chi connectivity index (χ0v) is 22.6. The molecule has 0 spiro atoms. The molecular weight excluding hydrogens is 467 g/mol. The minimum absolute atomic E-state index is 0. The van der Waals surface area contributed by atoms with Gasteiger partial charge in [-0.3, -0.25) is 0 Å². The molecule has 0 aliphatic rings. The SMILES string of the molecule is CCCCCCCCCCCC(=O)[O-].CCCCCCCCCCCC(=O)[O-].[In]. The van der Waals surface area contributed by atoms with Crippen molar-refractivity contribution in [2.45, 2.75) is 142 Å². The Morgan fingerprint density at radius 3 is 0.862 bits per heavy atom. The minimum atomic E-state index is -0.909.